The van der Waals surface area contributed by atoms with Crippen LogP contribution in [0.3, 0.4) is 0 Å². The van der Waals surface area contributed by atoms with Crippen molar-refractivity contribution in [3.8, 4) is 5.19 Å². The Morgan fingerprint density at radius 2 is 2.27 bits per heavy atom. The van der Waals surface area contributed by atoms with Crippen LogP contribution in [0.15, 0.2) is 18.2 Å². The number of hydrogen-bond acceptors (Lipinski definition) is 6. The number of ether oxygens (including phenoxy) is 2. The van der Waals surface area contributed by atoms with E-state index >= 15 is 0 Å². The lowest BCUT2D eigenvalue weighted by Crippen LogP contribution is -2.39. The van der Waals surface area contributed by atoms with E-state index in [1.54, 1.807) is 12.5 Å². The van der Waals surface area contributed by atoms with Crippen LogP contribution in [-0.4, -0.2) is 41.2 Å². The van der Waals surface area contributed by atoms with Crippen LogP contribution in [0.4, 0.5) is 0 Å². The van der Waals surface area contributed by atoms with Gasteiger partial charge in [0, 0.05) is 12.1 Å². The number of carbonyl (C=O) groups excluding carboxylic acids is 1. The molecule has 1 N–H and O–H groups in total. The van der Waals surface area contributed by atoms with E-state index in [2.05, 4.69) is 49.8 Å². The Labute approximate surface area is 160 Å². The van der Waals surface area contributed by atoms with Crippen LogP contribution in [0.5, 0.6) is 5.19 Å². The zero-order valence-electron chi connectivity index (χ0n) is 16.5. The number of hydrogen-bond donors (Lipinski definition) is 1. The maximum Gasteiger partial charge on any atom is 0.278 e. The molecular weight excluding hydrogens is 350 g/mol. The standard InChI is InChI=1S/C19H31N3O3S/c1-6-7-14(2)8-9-20-17(23)16-10-21-18(26-16)24-12-15-11-22(13-25-15)19(3,4)5/h10,12,14H,6-9,11,13H2,1-5H3,(H,20,23). The van der Waals surface area contributed by atoms with Gasteiger partial charge in [0.05, 0.1) is 12.7 Å². The van der Waals surface area contributed by atoms with E-state index in [9.17, 15) is 4.79 Å². The van der Waals surface area contributed by atoms with Crippen LogP contribution in [-0.2, 0) is 4.74 Å². The number of nitrogens with one attached hydrogen (secondary N) is 1. The minimum absolute atomic E-state index is 0.0522. The number of rotatable bonds is 8. The fraction of sp³-hybridized carbons (Fsp3) is 0.684. The summed E-state index contributed by atoms with van der Waals surface area (Å²) in [5.74, 6) is 1.31. The highest BCUT2D eigenvalue weighted by Crippen LogP contribution is 2.24. The topological polar surface area (TPSA) is 63.7 Å². The zero-order chi connectivity index (χ0) is 19.2. The largest absolute Gasteiger partial charge is 0.478 e. The van der Waals surface area contributed by atoms with Crippen molar-refractivity contribution in [2.24, 2.45) is 5.92 Å². The number of nitrogens with zero attached hydrogens (tertiary/aromatic N) is 2. The van der Waals surface area contributed by atoms with Gasteiger partial charge in [0.25, 0.3) is 11.1 Å². The smallest absolute Gasteiger partial charge is 0.278 e. The first-order valence-electron chi connectivity index (χ1n) is 9.27. The van der Waals surface area contributed by atoms with Gasteiger partial charge in [0.2, 0.25) is 0 Å². The maximum atomic E-state index is 12.2. The van der Waals surface area contributed by atoms with E-state index in [0.29, 0.717) is 35.8 Å². The predicted octanol–water partition coefficient (Wildman–Crippen LogP) is 4.01. The van der Waals surface area contributed by atoms with Crippen LogP contribution in [0.25, 0.3) is 0 Å². The van der Waals surface area contributed by atoms with Gasteiger partial charge in [0.1, 0.15) is 23.6 Å². The molecule has 7 heteroatoms. The predicted molar refractivity (Wildman–Crippen MR) is 104 cm³/mol. The first kappa shape index (κ1) is 20.7. The monoisotopic (exact) mass is 381 g/mol. The fourth-order valence-corrected chi connectivity index (χ4v) is 3.29. The lowest BCUT2D eigenvalue weighted by Gasteiger charge is -2.28. The third kappa shape index (κ3) is 6.29. The van der Waals surface area contributed by atoms with Crippen LogP contribution in [0.1, 0.15) is 63.6 Å². The van der Waals surface area contributed by atoms with E-state index in [0.717, 1.165) is 12.2 Å². The van der Waals surface area contributed by atoms with Crippen molar-refractivity contribution in [1.82, 2.24) is 15.2 Å². The molecule has 1 fully saturated rings. The summed E-state index contributed by atoms with van der Waals surface area (Å²) in [6, 6.07) is 0. The maximum absolute atomic E-state index is 12.2. The first-order valence-corrected chi connectivity index (χ1v) is 10.1. The van der Waals surface area contributed by atoms with Crippen molar-refractivity contribution in [3.63, 3.8) is 0 Å². The van der Waals surface area contributed by atoms with Crippen molar-refractivity contribution in [2.45, 2.75) is 59.4 Å². The average Bonchev–Trinajstić information content (AvgIpc) is 3.22. The van der Waals surface area contributed by atoms with Gasteiger partial charge >= 0.3 is 0 Å². The van der Waals surface area contributed by atoms with Gasteiger partial charge < -0.3 is 14.8 Å². The molecule has 0 aliphatic carbocycles. The second kappa shape index (κ2) is 9.37. The Kier molecular flexibility index (Phi) is 7.46. The third-order valence-electron chi connectivity index (χ3n) is 4.40. The molecule has 1 aromatic rings. The molecule has 1 amide bonds. The summed E-state index contributed by atoms with van der Waals surface area (Å²) in [5.41, 5.74) is 0.0522. The molecule has 2 rings (SSSR count). The molecule has 1 aliphatic heterocycles. The molecule has 6 nitrogen and oxygen atoms in total. The molecular formula is C19H31N3O3S. The van der Waals surface area contributed by atoms with Crippen molar-refractivity contribution >= 4 is 17.2 Å². The van der Waals surface area contributed by atoms with Crippen LogP contribution in [0, 0.1) is 5.92 Å². The van der Waals surface area contributed by atoms with E-state index in [1.807, 2.05) is 0 Å². The van der Waals surface area contributed by atoms with Crippen molar-refractivity contribution in [2.75, 3.05) is 19.8 Å². The highest BCUT2D eigenvalue weighted by Gasteiger charge is 2.28. The molecule has 1 atom stereocenters. The molecule has 1 aliphatic rings. The minimum atomic E-state index is -0.0928. The number of aromatic nitrogens is 1. The van der Waals surface area contributed by atoms with Gasteiger partial charge in [-0.1, -0.05) is 38.0 Å². The summed E-state index contributed by atoms with van der Waals surface area (Å²) in [5, 5.41) is 3.39. The van der Waals surface area contributed by atoms with Gasteiger partial charge in [-0.15, -0.1) is 0 Å². The van der Waals surface area contributed by atoms with E-state index in [1.165, 1.54) is 24.2 Å². The molecule has 0 saturated carbocycles. The second-order valence-electron chi connectivity index (χ2n) is 7.77. The van der Waals surface area contributed by atoms with Gasteiger partial charge in [-0.05, 0) is 33.1 Å². The quantitative estimate of drug-likeness (QED) is 0.690. The van der Waals surface area contributed by atoms with Crippen LogP contribution in [0.2, 0.25) is 0 Å². The Morgan fingerprint density at radius 3 is 2.92 bits per heavy atom. The molecule has 0 aromatic carbocycles. The van der Waals surface area contributed by atoms with Crippen molar-refractivity contribution in [1.29, 1.82) is 0 Å². The lowest BCUT2D eigenvalue weighted by molar-refractivity contribution is 0.0942. The Morgan fingerprint density at radius 1 is 1.50 bits per heavy atom. The zero-order valence-corrected chi connectivity index (χ0v) is 17.3. The van der Waals surface area contributed by atoms with Crippen LogP contribution >= 0.6 is 11.3 Å². The van der Waals surface area contributed by atoms with E-state index in [-0.39, 0.29) is 11.4 Å². The molecule has 2 heterocycles. The number of carbonyl (C=O) groups is 1. The highest BCUT2D eigenvalue weighted by molar-refractivity contribution is 7.15. The van der Waals surface area contributed by atoms with E-state index < -0.39 is 0 Å². The third-order valence-corrected chi connectivity index (χ3v) is 5.29. The molecule has 0 spiro atoms. The molecule has 0 radical (unpaired) electrons. The van der Waals surface area contributed by atoms with Crippen molar-refractivity contribution < 1.29 is 14.3 Å². The van der Waals surface area contributed by atoms with Gasteiger partial charge in [-0.3, -0.25) is 9.69 Å². The van der Waals surface area contributed by atoms with Crippen molar-refractivity contribution in [3.05, 3.63) is 23.1 Å². The summed E-state index contributed by atoms with van der Waals surface area (Å²) in [7, 11) is 0. The molecule has 0 bridgehead atoms. The summed E-state index contributed by atoms with van der Waals surface area (Å²) in [6.45, 7) is 12.8. The normalized spacial score (nSPS) is 18.0. The summed E-state index contributed by atoms with van der Waals surface area (Å²) < 4.78 is 11.2. The average molecular weight is 382 g/mol. The second-order valence-corrected chi connectivity index (χ2v) is 8.77. The Hall–Kier alpha value is -1.60. The van der Waals surface area contributed by atoms with Gasteiger partial charge in [-0.25, -0.2) is 4.98 Å². The summed E-state index contributed by atoms with van der Waals surface area (Å²) >= 11 is 1.24. The molecule has 146 valence electrons. The number of thiazole rings is 1. The summed E-state index contributed by atoms with van der Waals surface area (Å²) in [6.07, 6.45) is 6.50. The molecule has 1 saturated heterocycles. The van der Waals surface area contributed by atoms with Crippen LogP contribution < -0.4 is 10.1 Å². The molecule has 1 aromatic heterocycles. The first-order chi connectivity index (χ1) is 12.3. The SMILES string of the molecule is CCCC(C)CCNC(=O)c1cnc(OC=C2CN(C(C)(C)C)CO2)s1. The Balaban J connectivity index is 1.79. The Bertz CT molecular complexity index is 622. The van der Waals surface area contributed by atoms with E-state index in [4.69, 9.17) is 9.47 Å². The minimum Gasteiger partial charge on any atom is -0.478 e. The van der Waals surface area contributed by atoms with Gasteiger partial charge in [0.15, 0.2) is 0 Å². The summed E-state index contributed by atoms with van der Waals surface area (Å²) in [4.78, 5) is 19.1. The molecule has 26 heavy (non-hydrogen) atoms. The number of amides is 1. The van der Waals surface area contributed by atoms with Gasteiger partial charge in [-0.2, -0.15) is 0 Å². The fourth-order valence-electron chi connectivity index (χ4n) is 2.63. The highest BCUT2D eigenvalue weighted by atomic mass is 32.1. The molecule has 1 unspecified atom stereocenters. The lowest BCUT2D eigenvalue weighted by atomic mass is 10.0.